The number of carbonyl (C=O) groups excluding carboxylic acids is 1. The summed E-state index contributed by atoms with van der Waals surface area (Å²) in [6.07, 6.45) is 6.84. The fourth-order valence-corrected chi connectivity index (χ4v) is 2.22. The number of esters is 1. The van der Waals surface area contributed by atoms with E-state index in [0.29, 0.717) is 12.2 Å². The van der Waals surface area contributed by atoms with Gasteiger partial charge in [-0.2, -0.15) is 0 Å². The van der Waals surface area contributed by atoms with Crippen LogP contribution in [-0.2, 0) is 16.0 Å². The van der Waals surface area contributed by atoms with Crippen molar-refractivity contribution in [3.63, 3.8) is 0 Å². The van der Waals surface area contributed by atoms with Crippen molar-refractivity contribution in [3.05, 3.63) is 48.0 Å². The number of ether oxygens (including phenoxy) is 1. The summed E-state index contributed by atoms with van der Waals surface area (Å²) in [6, 6.07) is 5.91. The first kappa shape index (κ1) is 17.2. The molecule has 0 N–H and O–H groups in total. The summed E-state index contributed by atoms with van der Waals surface area (Å²) in [5, 5.41) is 0. The van der Waals surface area contributed by atoms with E-state index in [9.17, 15) is 4.79 Å². The van der Waals surface area contributed by atoms with Crippen LogP contribution < -0.4 is 0 Å². The van der Waals surface area contributed by atoms with Gasteiger partial charge in [0.2, 0.25) is 0 Å². The standard InChI is InChI=1S/C19H26O2/c1-5-8-12-18-16(7-3)11-10-13-17(18)15(4)19(20)21-14-9-6-2/h7,10-11,13H,3-6,8-9,12,14H2,1-2H3. The van der Waals surface area contributed by atoms with Gasteiger partial charge in [-0.05, 0) is 36.0 Å². The normalized spacial score (nSPS) is 10.2. The summed E-state index contributed by atoms with van der Waals surface area (Å²) in [5.74, 6) is -0.317. The highest BCUT2D eigenvalue weighted by Crippen LogP contribution is 2.25. The Balaban J connectivity index is 2.96. The molecule has 0 amide bonds. The van der Waals surface area contributed by atoms with Crippen molar-refractivity contribution >= 4 is 17.6 Å². The number of benzene rings is 1. The van der Waals surface area contributed by atoms with Gasteiger partial charge in [-0.25, -0.2) is 4.79 Å². The molecule has 2 heteroatoms. The average molecular weight is 286 g/mol. The lowest BCUT2D eigenvalue weighted by atomic mass is 9.92. The summed E-state index contributed by atoms with van der Waals surface area (Å²) in [7, 11) is 0. The Morgan fingerprint density at radius 2 is 1.95 bits per heavy atom. The minimum absolute atomic E-state index is 0.317. The maximum atomic E-state index is 12.1. The minimum atomic E-state index is -0.317. The largest absolute Gasteiger partial charge is 0.462 e. The Hall–Kier alpha value is -1.83. The van der Waals surface area contributed by atoms with Crippen molar-refractivity contribution < 1.29 is 9.53 Å². The van der Waals surface area contributed by atoms with Gasteiger partial charge in [0.15, 0.2) is 0 Å². The van der Waals surface area contributed by atoms with E-state index in [0.717, 1.165) is 48.8 Å². The Labute approximate surface area is 128 Å². The van der Waals surface area contributed by atoms with Crippen LogP contribution in [0.2, 0.25) is 0 Å². The molecule has 0 fully saturated rings. The fourth-order valence-electron chi connectivity index (χ4n) is 2.22. The predicted octanol–water partition coefficient (Wildman–Crippen LogP) is 5.03. The molecule has 0 unspecified atom stereocenters. The molecule has 0 spiro atoms. The van der Waals surface area contributed by atoms with Gasteiger partial charge in [0.05, 0.1) is 12.2 Å². The highest BCUT2D eigenvalue weighted by atomic mass is 16.5. The number of carbonyl (C=O) groups is 1. The number of rotatable bonds is 9. The highest BCUT2D eigenvalue weighted by Gasteiger charge is 2.16. The molecular weight excluding hydrogens is 260 g/mol. The summed E-state index contributed by atoms with van der Waals surface area (Å²) in [6.45, 7) is 12.5. The Morgan fingerprint density at radius 3 is 2.57 bits per heavy atom. The monoisotopic (exact) mass is 286 g/mol. The maximum Gasteiger partial charge on any atom is 0.338 e. The van der Waals surface area contributed by atoms with E-state index in [1.807, 2.05) is 24.3 Å². The fraction of sp³-hybridized carbons (Fsp3) is 0.421. The third kappa shape index (κ3) is 4.89. The molecule has 1 aromatic carbocycles. The van der Waals surface area contributed by atoms with Crippen molar-refractivity contribution in [2.75, 3.05) is 6.61 Å². The summed E-state index contributed by atoms with van der Waals surface area (Å²) >= 11 is 0. The molecule has 0 aliphatic rings. The van der Waals surface area contributed by atoms with Crippen molar-refractivity contribution in [3.8, 4) is 0 Å². The van der Waals surface area contributed by atoms with Crippen LogP contribution >= 0.6 is 0 Å². The second-order valence-electron chi connectivity index (χ2n) is 5.15. The maximum absolute atomic E-state index is 12.1. The summed E-state index contributed by atoms with van der Waals surface area (Å²) in [4.78, 5) is 12.1. The van der Waals surface area contributed by atoms with E-state index in [-0.39, 0.29) is 5.97 Å². The van der Waals surface area contributed by atoms with E-state index in [2.05, 4.69) is 27.0 Å². The van der Waals surface area contributed by atoms with Crippen LogP contribution in [0.4, 0.5) is 0 Å². The Morgan fingerprint density at radius 1 is 1.24 bits per heavy atom. The van der Waals surface area contributed by atoms with Gasteiger partial charge in [0.25, 0.3) is 0 Å². The van der Waals surface area contributed by atoms with E-state index >= 15 is 0 Å². The van der Waals surface area contributed by atoms with Crippen molar-refractivity contribution in [2.24, 2.45) is 0 Å². The van der Waals surface area contributed by atoms with Crippen LogP contribution in [0.3, 0.4) is 0 Å². The lowest BCUT2D eigenvalue weighted by Gasteiger charge is -2.14. The average Bonchev–Trinajstić information content (AvgIpc) is 2.51. The van der Waals surface area contributed by atoms with Crippen LogP contribution in [0.5, 0.6) is 0 Å². The third-order valence-electron chi connectivity index (χ3n) is 3.52. The van der Waals surface area contributed by atoms with Crippen molar-refractivity contribution in [1.82, 2.24) is 0 Å². The van der Waals surface area contributed by atoms with Crippen LogP contribution in [0, 0.1) is 0 Å². The molecule has 114 valence electrons. The first-order valence-electron chi connectivity index (χ1n) is 7.76. The molecule has 0 heterocycles. The topological polar surface area (TPSA) is 26.3 Å². The third-order valence-corrected chi connectivity index (χ3v) is 3.52. The molecule has 2 nitrogen and oxygen atoms in total. The summed E-state index contributed by atoms with van der Waals surface area (Å²) in [5.41, 5.74) is 3.55. The molecule has 0 aliphatic carbocycles. The molecular formula is C19H26O2. The second-order valence-corrected chi connectivity index (χ2v) is 5.15. The van der Waals surface area contributed by atoms with Crippen molar-refractivity contribution in [1.29, 1.82) is 0 Å². The van der Waals surface area contributed by atoms with Gasteiger partial charge in [-0.3, -0.25) is 0 Å². The molecule has 0 atom stereocenters. The van der Waals surface area contributed by atoms with Gasteiger partial charge in [0, 0.05) is 0 Å². The van der Waals surface area contributed by atoms with E-state index in [1.165, 1.54) is 0 Å². The lowest BCUT2D eigenvalue weighted by Crippen LogP contribution is -2.09. The SMILES string of the molecule is C=Cc1cccc(C(=C)C(=O)OCCCC)c1CCCC. The van der Waals surface area contributed by atoms with Gasteiger partial charge in [-0.15, -0.1) is 0 Å². The first-order chi connectivity index (χ1) is 10.2. The smallest absolute Gasteiger partial charge is 0.338 e. The molecule has 1 rings (SSSR count). The van der Waals surface area contributed by atoms with Gasteiger partial charge in [0.1, 0.15) is 0 Å². The Kier molecular flexibility index (Phi) is 7.52. The molecule has 1 aromatic rings. The van der Waals surface area contributed by atoms with E-state index in [1.54, 1.807) is 0 Å². The molecule has 0 radical (unpaired) electrons. The zero-order chi connectivity index (χ0) is 15.7. The van der Waals surface area contributed by atoms with Gasteiger partial charge in [-0.1, -0.05) is 64.1 Å². The van der Waals surface area contributed by atoms with Crippen LogP contribution in [0.25, 0.3) is 11.6 Å². The quantitative estimate of drug-likeness (QED) is 0.361. The van der Waals surface area contributed by atoms with E-state index < -0.39 is 0 Å². The van der Waals surface area contributed by atoms with Crippen LogP contribution in [0.15, 0.2) is 31.4 Å². The highest BCUT2D eigenvalue weighted by molar-refractivity contribution is 6.16. The molecule has 21 heavy (non-hydrogen) atoms. The van der Waals surface area contributed by atoms with Crippen molar-refractivity contribution in [2.45, 2.75) is 46.0 Å². The number of hydrogen-bond acceptors (Lipinski definition) is 2. The lowest BCUT2D eigenvalue weighted by molar-refractivity contribution is -0.136. The number of hydrogen-bond donors (Lipinski definition) is 0. The molecule has 0 saturated heterocycles. The molecule has 0 saturated carbocycles. The summed E-state index contributed by atoms with van der Waals surface area (Å²) < 4.78 is 5.27. The zero-order valence-electron chi connectivity index (χ0n) is 13.3. The van der Waals surface area contributed by atoms with Gasteiger partial charge < -0.3 is 4.74 Å². The Bertz CT molecular complexity index is 500. The predicted molar refractivity (Wildman–Crippen MR) is 90.0 cm³/mol. The zero-order valence-corrected chi connectivity index (χ0v) is 13.3. The van der Waals surface area contributed by atoms with Crippen LogP contribution in [0.1, 0.15) is 56.2 Å². The minimum Gasteiger partial charge on any atom is -0.462 e. The van der Waals surface area contributed by atoms with Crippen LogP contribution in [-0.4, -0.2) is 12.6 Å². The molecule has 0 aliphatic heterocycles. The van der Waals surface area contributed by atoms with Gasteiger partial charge >= 0.3 is 5.97 Å². The first-order valence-corrected chi connectivity index (χ1v) is 7.76. The molecule has 0 bridgehead atoms. The number of unbranched alkanes of at least 4 members (excludes halogenated alkanes) is 2. The molecule has 0 aromatic heterocycles. The van der Waals surface area contributed by atoms with E-state index in [4.69, 9.17) is 4.74 Å². The second kappa shape index (κ2) is 9.17.